The van der Waals surface area contributed by atoms with E-state index in [0.29, 0.717) is 27.5 Å². The molecule has 0 bridgehead atoms. The number of carbonyl (C=O) groups excluding carboxylic acids is 3. The van der Waals surface area contributed by atoms with Gasteiger partial charge in [-0.15, -0.1) is 0 Å². The van der Waals surface area contributed by atoms with Crippen LogP contribution in [0.25, 0.3) is 5.69 Å². The summed E-state index contributed by atoms with van der Waals surface area (Å²) in [6.07, 6.45) is 3.66. The van der Waals surface area contributed by atoms with E-state index in [1.165, 1.54) is 31.8 Å². The maximum atomic E-state index is 14.3. The Hall–Kier alpha value is -4.26. The highest BCUT2D eigenvalue weighted by Gasteiger charge is 2.43. The first-order valence-electron chi connectivity index (χ1n) is 13.6. The monoisotopic (exact) mass is 598 g/mol. The Labute approximate surface area is 246 Å². The lowest BCUT2D eigenvalue weighted by Gasteiger charge is -2.36. The summed E-state index contributed by atoms with van der Waals surface area (Å²) in [5, 5.41) is 14.2. The van der Waals surface area contributed by atoms with E-state index >= 15 is 0 Å². The van der Waals surface area contributed by atoms with Crippen molar-refractivity contribution in [1.29, 1.82) is 0 Å². The lowest BCUT2D eigenvalue weighted by atomic mass is 9.99. The molecule has 13 heteroatoms. The molecule has 226 valence electrons. The van der Waals surface area contributed by atoms with Crippen LogP contribution in [0.5, 0.6) is 5.75 Å². The predicted molar refractivity (Wildman–Crippen MR) is 157 cm³/mol. The second kappa shape index (κ2) is 13.6. The van der Waals surface area contributed by atoms with Crippen molar-refractivity contribution >= 4 is 27.7 Å². The molecule has 0 aliphatic heterocycles. The van der Waals surface area contributed by atoms with E-state index in [0.717, 1.165) is 4.90 Å². The van der Waals surface area contributed by atoms with Gasteiger partial charge < -0.3 is 15.7 Å². The van der Waals surface area contributed by atoms with Gasteiger partial charge in [0.15, 0.2) is 0 Å². The van der Waals surface area contributed by atoms with Gasteiger partial charge in [0.1, 0.15) is 30.5 Å². The Morgan fingerprint density at radius 3 is 2.29 bits per heavy atom. The van der Waals surface area contributed by atoms with Crippen LogP contribution in [-0.2, 0) is 26.0 Å². The van der Waals surface area contributed by atoms with Gasteiger partial charge in [0.2, 0.25) is 15.9 Å². The van der Waals surface area contributed by atoms with E-state index in [1.807, 2.05) is 6.92 Å². The van der Waals surface area contributed by atoms with Gasteiger partial charge in [0.25, 0.3) is 11.8 Å². The Kier molecular flexibility index (Phi) is 10.4. The van der Waals surface area contributed by atoms with Gasteiger partial charge in [-0.25, -0.2) is 22.4 Å². The van der Waals surface area contributed by atoms with Gasteiger partial charge in [-0.2, -0.15) is 5.10 Å². The highest BCUT2D eigenvalue weighted by Crippen LogP contribution is 2.24. The zero-order valence-electron chi connectivity index (χ0n) is 24.5. The van der Waals surface area contributed by atoms with Crippen molar-refractivity contribution < 1.29 is 27.9 Å². The fourth-order valence-corrected chi connectivity index (χ4v) is 6.64. The zero-order chi connectivity index (χ0) is 31.2. The van der Waals surface area contributed by atoms with Crippen LogP contribution < -0.4 is 5.73 Å². The van der Waals surface area contributed by atoms with Crippen LogP contribution in [-0.4, -0.2) is 80.1 Å². The number of unbranched alkanes of at least 4 members (excludes halogenated alkanes) is 1. The smallest absolute Gasteiger partial charge is 0.259 e. The first-order valence-corrected chi connectivity index (χ1v) is 15.2. The fourth-order valence-electron chi connectivity index (χ4n) is 4.71. The molecule has 2 aromatic carbocycles. The molecule has 3 amide bonds. The van der Waals surface area contributed by atoms with Gasteiger partial charge in [0, 0.05) is 19.0 Å². The number of hydrogen-bond acceptors (Lipinski definition) is 8. The van der Waals surface area contributed by atoms with Crippen molar-refractivity contribution in [3.05, 3.63) is 71.8 Å². The molecule has 0 aliphatic rings. The van der Waals surface area contributed by atoms with Crippen molar-refractivity contribution in [3.8, 4) is 11.4 Å². The summed E-state index contributed by atoms with van der Waals surface area (Å²) in [4.78, 5) is 45.7. The molecule has 1 aromatic heterocycles. The third-order valence-electron chi connectivity index (χ3n) is 6.88. The van der Waals surface area contributed by atoms with Crippen LogP contribution in [0.15, 0.2) is 55.1 Å². The number of nitrogens with zero attached hydrogens (tertiary/aromatic N) is 5. The summed E-state index contributed by atoms with van der Waals surface area (Å²) >= 11 is 0. The summed E-state index contributed by atoms with van der Waals surface area (Å²) in [6.45, 7) is 6.73. The fraction of sp³-hybridized carbons (Fsp3) is 0.414. The maximum Gasteiger partial charge on any atom is 0.259 e. The van der Waals surface area contributed by atoms with E-state index in [4.69, 9.17) is 5.73 Å². The molecule has 0 saturated heterocycles. The number of rotatable bonds is 13. The number of likely N-dealkylation sites (N-methyl/N-ethyl adjacent to an activating group) is 1. The average Bonchev–Trinajstić information content (AvgIpc) is 3.47. The van der Waals surface area contributed by atoms with Crippen molar-refractivity contribution in [2.75, 3.05) is 12.8 Å². The molecular formula is C29H38N6O6S. The van der Waals surface area contributed by atoms with Crippen molar-refractivity contribution in [2.45, 2.75) is 59.0 Å². The lowest BCUT2D eigenvalue weighted by molar-refractivity contribution is -0.138. The molecule has 0 unspecified atom stereocenters. The van der Waals surface area contributed by atoms with E-state index in [-0.39, 0.29) is 29.9 Å². The third kappa shape index (κ3) is 7.52. The van der Waals surface area contributed by atoms with Gasteiger partial charge >= 0.3 is 0 Å². The lowest BCUT2D eigenvalue weighted by Crippen LogP contribution is -2.59. The van der Waals surface area contributed by atoms with Crippen molar-refractivity contribution in [2.24, 2.45) is 11.7 Å². The van der Waals surface area contributed by atoms with Gasteiger partial charge in [-0.1, -0.05) is 39.3 Å². The molecule has 0 aliphatic carbocycles. The van der Waals surface area contributed by atoms with Gasteiger partial charge in [-0.05, 0) is 60.7 Å². The number of carbonyl (C=O) groups is 3. The van der Waals surface area contributed by atoms with Gasteiger partial charge in [-0.3, -0.25) is 14.4 Å². The summed E-state index contributed by atoms with van der Waals surface area (Å²) < 4.78 is 29.4. The van der Waals surface area contributed by atoms with Crippen LogP contribution in [0.4, 0.5) is 0 Å². The molecule has 3 aromatic rings. The van der Waals surface area contributed by atoms with Crippen LogP contribution >= 0.6 is 0 Å². The SMILES string of the molecule is CCCCS(=O)(=O)N(C(=O)[C@H](Cc1ccc(-n2cncn2)cc1)N(C)C(=O)c1cc(C)cc(O)c1)[C@H](C(N)=O)C(C)C. The minimum Gasteiger partial charge on any atom is -0.508 e. The number of aromatic hydroxyl groups is 1. The zero-order valence-corrected chi connectivity index (χ0v) is 25.3. The molecule has 2 atom stereocenters. The molecule has 1 heterocycles. The number of amides is 3. The highest BCUT2D eigenvalue weighted by atomic mass is 32.2. The van der Waals surface area contributed by atoms with Crippen LogP contribution in [0, 0.1) is 12.8 Å². The number of primary amides is 1. The summed E-state index contributed by atoms with van der Waals surface area (Å²) in [5.41, 5.74) is 7.72. The molecule has 0 saturated carbocycles. The summed E-state index contributed by atoms with van der Waals surface area (Å²) in [6, 6.07) is 8.50. The minimum absolute atomic E-state index is 0.0696. The summed E-state index contributed by atoms with van der Waals surface area (Å²) in [7, 11) is -2.91. The predicted octanol–water partition coefficient (Wildman–Crippen LogP) is 2.43. The minimum atomic E-state index is -4.30. The topological polar surface area (TPSA) is 169 Å². The molecule has 0 spiro atoms. The Morgan fingerprint density at radius 1 is 1.10 bits per heavy atom. The van der Waals surface area contributed by atoms with Crippen molar-refractivity contribution in [3.63, 3.8) is 0 Å². The third-order valence-corrected chi connectivity index (χ3v) is 8.69. The first-order chi connectivity index (χ1) is 19.8. The van der Waals surface area contributed by atoms with E-state index in [1.54, 1.807) is 55.8 Å². The number of phenolic OH excluding ortho intramolecular Hbond substituents is 1. The largest absolute Gasteiger partial charge is 0.508 e. The highest BCUT2D eigenvalue weighted by molar-refractivity contribution is 7.89. The molecular weight excluding hydrogens is 560 g/mol. The number of aromatic nitrogens is 3. The molecule has 0 radical (unpaired) electrons. The van der Waals surface area contributed by atoms with Crippen LogP contribution in [0.2, 0.25) is 0 Å². The first kappa shape index (κ1) is 32.3. The Balaban J connectivity index is 2.12. The second-order valence-electron chi connectivity index (χ2n) is 10.6. The number of aryl methyl sites for hydroxylation is 1. The van der Waals surface area contributed by atoms with E-state index < -0.39 is 45.7 Å². The Morgan fingerprint density at radius 2 is 1.76 bits per heavy atom. The quantitative estimate of drug-likeness (QED) is 0.302. The molecule has 3 N–H and O–H groups in total. The second-order valence-corrected chi connectivity index (χ2v) is 12.6. The molecule has 0 fully saturated rings. The van der Waals surface area contributed by atoms with E-state index in [9.17, 15) is 27.9 Å². The summed E-state index contributed by atoms with van der Waals surface area (Å²) in [5.74, 6) is -3.65. The molecule has 3 rings (SSSR count). The number of benzene rings is 2. The maximum absolute atomic E-state index is 14.3. The number of phenols is 1. The Bertz CT molecular complexity index is 1490. The molecule has 12 nitrogen and oxygen atoms in total. The number of nitrogens with two attached hydrogens (primary N) is 1. The van der Waals surface area contributed by atoms with Gasteiger partial charge in [0.05, 0.1) is 11.4 Å². The average molecular weight is 599 g/mol. The van der Waals surface area contributed by atoms with Crippen LogP contribution in [0.3, 0.4) is 0 Å². The van der Waals surface area contributed by atoms with Crippen LogP contribution in [0.1, 0.15) is 55.1 Å². The standard InChI is InChI=1S/C29H38N6O6S/c1-6-7-12-42(40,41)35(26(19(2)3)27(30)37)29(39)25(33(5)28(38)22-13-20(4)14-24(36)16-22)15-21-8-10-23(11-9-21)34-18-31-17-32-34/h8-11,13-14,16-19,25-26,36H,6-7,12,15H2,1-5H3,(H2,30,37)/t25-,26-/m0/s1. The molecule has 42 heavy (non-hydrogen) atoms. The number of sulfonamides is 1. The number of hydrogen-bond donors (Lipinski definition) is 2. The van der Waals surface area contributed by atoms with Crippen molar-refractivity contribution in [1.82, 2.24) is 24.0 Å². The van der Waals surface area contributed by atoms with E-state index in [2.05, 4.69) is 10.1 Å². The normalized spacial score (nSPS) is 13.0.